The SMILES string of the molecule is Cc1cnc2ccccc2c1C(=O)NC(CO)c1ccc(F)c(Cl)c1. The van der Waals surface area contributed by atoms with Crippen molar-refractivity contribution in [2.75, 3.05) is 6.61 Å². The number of aliphatic hydroxyl groups is 1. The lowest BCUT2D eigenvalue weighted by atomic mass is 10.0. The first-order valence-corrected chi connectivity index (χ1v) is 8.10. The zero-order valence-corrected chi connectivity index (χ0v) is 14.2. The second-order valence-corrected chi connectivity index (χ2v) is 6.12. The lowest BCUT2D eigenvalue weighted by molar-refractivity contribution is 0.0917. The van der Waals surface area contributed by atoms with Crippen LogP contribution in [0.2, 0.25) is 5.02 Å². The number of aryl methyl sites for hydroxylation is 1. The molecule has 1 aromatic heterocycles. The summed E-state index contributed by atoms with van der Waals surface area (Å²) in [7, 11) is 0. The number of carbonyl (C=O) groups is 1. The van der Waals surface area contributed by atoms with Gasteiger partial charge in [-0.25, -0.2) is 4.39 Å². The number of amides is 1. The van der Waals surface area contributed by atoms with E-state index in [0.717, 1.165) is 10.9 Å². The lowest BCUT2D eigenvalue weighted by Crippen LogP contribution is -2.31. The van der Waals surface area contributed by atoms with Crippen molar-refractivity contribution < 1.29 is 14.3 Å². The Bertz CT molecular complexity index is 946. The minimum Gasteiger partial charge on any atom is -0.394 e. The molecule has 3 rings (SSSR count). The third-order valence-corrected chi connectivity index (χ3v) is 4.32. The van der Waals surface area contributed by atoms with E-state index in [4.69, 9.17) is 11.6 Å². The van der Waals surface area contributed by atoms with Gasteiger partial charge in [-0.2, -0.15) is 0 Å². The van der Waals surface area contributed by atoms with Crippen LogP contribution in [-0.2, 0) is 0 Å². The quantitative estimate of drug-likeness (QED) is 0.745. The van der Waals surface area contributed by atoms with Gasteiger partial charge in [0.2, 0.25) is 0 Å². The van der Waals surface area contributed by atoms with E-state index >= 15 is 0 Å². The third kappa shape index (κ3) is 3.48. The van der Waals surface area contributed by atoms with E-state index in [9.17, 15) is 14.3 Å². The molecule has 1 heterocycles. The number of rotatable bonds is 4. The van der Waals surface area contributed by atoms with Gasteiger partial charge < -0.3 is 10.4 Å². The maximum Gasteiger partial charge on any atom is 0.252 e. The second-order valence-electron chi connectivity index (χ2n) is 5.72. The van der Waals surface area contributed by atoms with Crippen LogP contribution in [0.1, 0.15) is 27.5 Å². The molecule has 0 radical (unpaired) electrons. The fraction of sp³-hybridized carbons (Fsp3) is 0.158. The molecule has 1 unspecified atom stereocenters. The molecule has 2 aromatic carbocycles. The Hall–Kier alpha value is -2.50. The van der Waals surface area contributed by atoms with Crippen LogP contribution in [0.5, 0.6) is 0 Å². The van der Waals surface area contributed by atoms with E-state index in [0.29, 0.717) is 16.6 Å². The first-order chi connectivity index (χ1) is 12.0. The van der Waals surface area contributed by atoms with E-state index in [1.165, 1.54) is 18.2 Å². The summed E-state index contributed by atoms with van der Waals surface area (Å²) in [5.74, 6) is -0.889. The highest BCUT2D eigenvalue weighted by Gasteiger charge is 2.19. The Morgan fingerprint density at radius 3 is 2.80 bits per heavy atom. The average molecular weight is 359 g/mol. The number of pyridine rings is 1. The molecule has 4 nitrogen and oxygen atoms in total. The van der Waals surface area contributed by atoms with E-state index in [-0.39, 0.29) is 17.5 Å². The highest BCUT2D eigenvalue weighted by Crippen LogP contribution is 2.23. The number of hydrogen-bond acceptors (Lipinski definition) is 3. The maximum absolute atomic E-state index is 13.3. The summed E-state index contributed by atoms with van der Waals surface area (Å²) in [6, 6.07) is 10.7. The van der Waals surface area contributed by atoms with Crippen molar-refractivity contribution in [3.05, 3.63) is 76.2 Å². The molecule has 0 spiro atoms. The minimum atomic E-state index is -0.697. The number of fused-ring (bicyclic) bond motifs is 1. The smallest absolute Gasteiger partial charge is 0.252 e. The number of hydrogen-bond donors (Lipinski definition) is 2. The van der Waals surface area contributed by atoms with E-state index < -0.39 is 11.9 Å². The molecule has 0 bridgehead atoms. The van der Waals surface area contributed by atoms with Crippen molar-refractivity contribution >= 4 is 28.4 Å². The fourth-order valence-electron chi connectivity index (χ4n) is 2.74. The Morgan fingerprint density at radius 1 is 1.32 bits per heavy atom. The summed E-state index contributed by atoms with van der Waals surface area (Å²) in [6.45, 7) is 1.47. The van der Waals surface area contributed by atoms with Crippen molar-refractivity contribution in [2.45, 2.75) is 13.0 Å². The monoisotopic (exact) mass is 358 g/mol. The van der Waals surface area contributed by atoms with Gasteiger partial charge in [0.15, 0.2) is 0 Å². The zero-order valence-electron chi connectivity index (χ0n) is 13.5. The summed E-state index contributed by atoms with van der Waals surface area (Å²) in [6.07, 6.45) is 1.64. The normalized spacial score (nSPS) is 12.2. The van der Waals surface area contributed by atoms with E-state index in [2.05, 4.69) is 10.3 Å². The third-order valence-electron chi connectivity index (χ3n) is 4.03. The van der Waals surface area contributed by atoms with Gasteiger partial charge >= 0.3 is 0 Å². The molecule has 0 aliphatic carbocycles. The van der Waals surface area contributed by atoms with Crippen LogP contribution in [-0.4, -0.2) is 22.6 Å². The molecule has 2 N–H and O–H groups in total. The molecule has 1 amide bonds. The molecule has 0 saturated carbocycles. The maximum atomic E-state index is 13.3. The Balaban J connectivity index is 1.95. The molecule has 6 heteroatoms. The van der Waals surface area contributed by atoms with Crippen molar-refractivity contribution in [1.82, 2.24) is 10.3 Å². The molecular formula is C19H16ClFN2O2. The van der Waals surface area contributed by atoms with Gasteiger partial charge in [-0.15, -0.1) is 0 Å². The topological polar surface area (TPSA) is 62.2 Å². The van der Waals surface area contributed by atoms with Crippen LogP contribution in [0.3, 0.4) is 0 Å². The van der Waals surface area contributed by atoms with Crippen LogP contribution >= 0.6 is 11.6 Å². The summed E-state index contributed by atoms with van der Waals surface area (Å²) in [5.41, 5.74) is 2.46. The first kappa shape index (κ1) is 17.3. The largest absolute Gasteiger partial charge is 0.394 e. The van der Waals surface area contributed by atoms with E-state index in [1.54, 1.807) is 13.1 Å². The fourth-order valence-corrected chi connectivity index (χ4v) is 2.93. The molecule has 3 aromatic rings. The minimum absolute atomic E-state index is 0.0595. The number of aliphatic hydroxyl groups excluding tert-OH is 1. The first-order valence-electron chi connectivity index (χ1n) is 7.72. The van der Waals surface area contributed by atoms with Gasteiger partial charge in [-0.05, 0) is 36.2 Å². The number of carbonyl (C=O) groups excluding carboxylic acids is 1. The molecule has 25 heavy (non-hydrogen) atoms. The Labute approximate surface area is 149 Å². The predicted molar refractivity (Wildman–Crippen MR) is 95.2 cm³/mol. The average Bonchev–Trinajstić information content (AvgIpc) is 2.61. The molecule has 0 saturated heterocycles. The van der Waals surface area contributed by atoms with Gasteiger partial charge in [0.25, 0.3) is 5.91 Å². The van der Waals surface area contributed by atoms with Gasteiger partial charge in [-0.1, -0.05) is 35.9 Å². The van der Waals surface area contributed by atoms with Crippen molar-refractivity contribution in [3.8, 4) is 0 Å². The number of halogens is 2. The lowest BCUT2D eigenvalue weighted by Gasteiger charge is -2.18. The summed E-state index contributed by atoms with van der Waals surface area (Å²) in [4.78, 5) is 17.1. The summed E-state index contributed by atoms with van der Waals surface area (Å²) < 4.78 is 13.3. The predicted octanol–water partition coefficient (Wildman–Crippen LogP) is 3.80. The van der Waals surface area contributed by atoms with E-state index in [1.807, 2.05) is 24.3 Å². The summed E-state index contributed by atoms with van der Waals surface area (Å²) in [5, 5.41) is 13.1. The standard InChI is InChI=1S/C19H16ClFN2O2/c1-11-9-22-16-5-3-2-4-13(16)18(11)19(25)23-17(10-24)12-6-7-15(21)14(20)8-12/h2-9,17,24H,10H2,1H3,(H,23,25). The number of nitrogens with one attached hydrogen (secondary N) is 1. The number of benzene rings is 2. The van der Waals surface area contributed by atoms with Crippen LogP contribution in [0.15, 0.2) is 48.7 Å². The second kappa shape index (κ2) is 7.17. The van der Waals surface area contributed by atoms with Crippen molar-refractivity contribution in [2.24, 2.45) is 0 Å². The van der Waals surface area contributed by atoms with Crippen LogP contribution in [0.25, 0.3) is 10.9 Å². The van der Waals surface area contributed by atoms with Gasteiger partial charge in [0, 0.05) is 11.6 Å². The van der Waals surface area contributed by atoms with Crippen LogP contribution in [0.4, 0.5) is 4.39 Å². The Kier molecular flexibility index (Phi) is 4.97. The molecule has 128 valence electrons. The van der Waals surface area contributed by atoms with Crippen molar-refractivity contribution in [1.29, 1.82) is 0 Å². The molecule has 1 atom stereocenters. The number of aromatic nitrogens is 1. The molecular weight excluding hydrogens is 343 g/mol. The molecule has 0 fully saturated rings. The number of para-hydroxylation sites is 1. The van der Waals surface area contributed by atoms with Crippen LogP contribution in [0, 0.1) is 12.7 Å². The molecule has 0 aliphatic rings. The highest BCUT2D eigenvalue weighted by atomic mass is 35.5. The Morgan fingerprint density at radius 2 is 2.08 bits per heavy atom. The van der Waals surface area contributed by atoms with Gasteiger partial charge in [0.05, 0.1) is 28.8 Å². The highest BCUT2D eigenvalue weighted by molar-refractivity contribution is 6.30. The van der Waals surface area contributed by atoms with Gasteiger partial charge in [0.1, 0.15) is 5.82 Å². The molecule has 0 aliphatic heterocycles. The van der Waals surface area contributed by atoms with Crippen LogP contribution < -0.4 is 5.32 Å². The summed E-state index contributed by atoms with van der Waals surface area (Å²) >= 11 is 5.79. The van der Waals surface area contributed by atoms with Crippen molar-refractivity contribution in [3.63, 3.8) is 0 Å². The zero-order chi connectivity index (χ0) is 18.0. The number of nitrogens with zero attached hydrogens (tertiary/aromatic N) is 1. The van der Waals surface area contributed by atoms with Gasteiger partial charge in [-0.3, -0.25) is 9.78 Å².